The second-order valence-corrected chi connectivity index (χ2v) is 5.53. The van der Waals surface area contributed by atoms with Gasteiger partial charge >= 0.3 is 0 Å². The number of fused-ring (bicyclic) bond motifs is 1. The van der Waals surface area contributed by atoms with E-state index in [2.05, 4.69) is 62.3 Å². The first-order valence-corrected chi connectivity index (χ1v) is 7.86. The quantitative estimate of drug-likeness (QED) is 0.832. The highest BCUT2D eigenvalue weighted by molar-refractivity contribution is 5.85. The predicted octanol–water partition coefficient (Wildman–Crippen LogP) is 4.09. The van der Waals surface area contributed by atoms with Crippen molar-refractivity contribution < 1.29 is 4.74 Å². The van der Waals surface area contributed by atoms with Crippen LogP contribution in [0.2, 0.25) is 0 Å². The minimum absolute atomic E-state index is 0.165. The Balaban J connectivity index is 2.54. The lowest BCUT2D eigenvalue weighted by Gasteiger charge is -2.38. The second kappa shape index (κ2) is 7.01. The third kappa shape index (κ3) is 3.25. The first-order chi connectivity index (χ1) is 10.2. The van der Waals surface area contributed by atoms with Gasteiger partial charge in [-0.2, -0.15) is 0 Å². The summed E-state index contributed by atoms with van der Waals surface area (Å²) in [4.78, 5) is 4.23. The number of hydrogen-bond donors (Lipinski definition) is 1. The number of pyridine rings is 1. The molecule has 1 heterocycles. The van der Waals surface area contributed by atoms with Gasteiger partial charge in [-0.1, -0.05) is 32.0 Å². The van der Waals surface area contributed by atoms with E-state index < -0.39 is 0 Å². The van der Waals surface area contributed by atoms with Crippen LogP contribution in [0, 0.1) is 0 Å². The number of nitrogens with zero attached hydrogens (tertiary/aromatic N) is 1. The number of ether oxygens (including phenoxy) is 1. The van der Waals surface area contributed by atoms with E-state index in [1.165, 1.54) is 16.3 Å². The van der Waals surface area contributed by atoms with Crippen molar-refractivity contribution in [2.24, 2.45) is 0 Å². The van der Waals surface area contributed by atoms with Crippen molar-refractivity contribution in [3.8, 4) is 0 Å². The molecular formula is C18H26N2O. The number of nitrogens with one attached hydrogen (secondary N) is 1. The molecule has 1 N–H and O–H groups in total. The lowest BCUT2D eigenvalue weighted by Crippen LogP contribution is -2.43. The number of likely N-dealkylation sites (N-methyl/N-ethyl adjacent to an activating group) is 1. The van der Waals surface area contributed by atoms with Crippen molar-refractivity contribution in [3.05, 3.63) is 42.2 Å². The van der Waals surface area contributed by atoms with Crippen molar-refractivity contribution in [3.63, 3.8) is 0 Å². The molecule has 2 unspecified atom stereocenters. The molecule has 0 saturated heterocycles. The fraction of sp³-hybridized carbons (Fsp3) is 0.500. The van der Waals surface area contributed by atoms with Crippen molar-refractivity contribution in [1.82, 2.24) is 10.3 Å². The number of hydrogen-bond acceptors (Lipinski definition) is 3. The molecule has 0 bridgehead atoms. The Morgan fingerprint density at radius 3 is 2.71 bits per heavy atom. The normalized spacial score (nSPS) is 15.8. The van der Waals surface area contributed by atoms with Crippen LogP contribution in [0.3, 0.4) is 0 Å². The summed E-state index contributed by atoms with van der Waals surface area (Å²) >= 11 is 0. The summed E-state index contributed by atoms with van der Waals surface area (Å²) in [5, 5.41) is 6.04. The summed E-state index contributed by atoms with van der Waals surface area (Å²) < 4.78 is 6.12. The zero-order valence-electron chi connectivity index (χ0n) is 13.5. The van der Waals surface area contributed by atoms with E-state index in [1.54, 1.807) is 0 Å². The van der Waals surface area contributed by atoms with Crippen LogP contribution in [0.1, 0.15) is 45.7 Å². The molecular weight excluding hydrogens is 260 g/mol. The molecule has 21 heavy (non-hydrogen) atoms. The summed E-state index contributed by atoms with van der Waals surface area (Å²) in [6.07, 6.45) is 4.74. The molecule has 0 aliphatic carbocycles. The van der Waals surface area contributed by atoms with Crippen LogP contribution in [0.4, 0.5) is 0 Å². The Morgan fingerprint density at radius 2 is 2.05 bits per heavy atom. The molecule has 0 fully saturated rings. The highest BCUT2D eigenvalue weighted by Crippen LogP contribution is 2.35. The zero-order chi connectivity index (χ0) is 15.3. The van der Waals surface area contributed by atoms with Gasteiger partial charge in [0.15, 0.2) is 0 Å². The Bertz CT molecular complexity index is 579. The Morgan fingerprint density at radius 1 is 1.24 bits per heavy atom. The van der Waals surface area contributed by atoms with Crippen LogP contribution >= 0.6 is 0 Å². The van der Waals surface area contributed by atoms with Crippen LogP contribution in [0.5, 0.6) is 0 Å². The third-order valence-corrected chi connectivity index (χ3v) is 4.22. The molecule has 2 atom stereocenters. The monoisotopic (exact) mass is 286 g/mol. The van der Waals surface area contributed by atoms with Gasteiger partial charge in [0.05, 0.1) is 11.6 Å². The molecule has 1 aromatic heterocycles. The molecule has 0 aliphatic rings. The van der Waals surface area contributed by atoms with Crippen LogP contribution in [-0.4, -0.2) is 23.7 Å². The number of rotatable bonds is 7. The fourth-order valence-electron chi connectivity index (χ4n) is 2.98. The smallest absolute Gasteiger partial charge is 0.0845 e. The van der Waals surface area contributed by atoms with Gasteiger partial charge in [-0.3, -0.25) is 4.98 Å². The van der Waals surface area contributed by atoms with E-state index in [0.29, 0.717) is 0 Å². The molecule has 0 spiro atoms. The molecule has 3 heteroatoms. The predicted molar refractivity (Wildman–Crippen MR) is 88.5 cm³/mol. The lowest BCUT2D eigenvalue weighted by atomic mass is 9.85. The molecule has 3 nitrogen and oxygen atoms in total. The van der Waals surface area contributed by atoms with Crippen molar-refractivity contribution >= 4 is 10.8 Å². The van der Waals surface area contributed by atoms with Crippen molar-refractivity contribution in [2.45, 2.75) is 45.8 Å². The van der Waals surface area contributed by atoms with Gasteiger partial charge in [-0.25, -0.2) is 0 Å². The Kier molecular flexibility index (Phi) is 5.32. The molecule has 0 amide bonds. The molecule has 0 radical (unpaired) electrons. The van der Waals surface area contributed by atoms with Crippen molar-refractivity contribution in [2.75, 3.05) is 13.2 Å². The van der Waals surface area contributed by atoms with E-state index in [4.69, 9.17) is 4.74 Å². The SMILES string of the molecule is CCNC(c1cccc2cnccc12)C(C)(CC)OCC. The lowest BCUT2D eigenvalue weighted by molar-refractivity contribution is -0.0556. The first-order valence-electron chi connectivity index (χ1n) is 7.86. The van der Waals surface area contributed by atoms with Crippen molar-refractivity contribution in [1.29, 1.82) is 0 Å². The molecule has 2 aromatic rings. The van der Waals surface area contributed by atoms with Gasteiger partial charge in [-0.15, -0.1) is 0 Å². The molecule has 0 saturated carbocycles. The number of benzene rings is 1. The van der Waals surface area contributed by atoms with E-state index in [-0.39, 0.29) is 11.6 Å². The van der Waals surface area contributed by atoms with Gasteiger partial charge < -0.3 is 10.1 Å². The van der Waals surface area contributed by atoms with E-state index in [0.717, 1.165) is 19.6 Å². The van der Waals surface area contributed by atoms with Gasteiger partial charge in [0.1, 0.15) is 0 Å². The summed E-state index contributed by atoms with van der Waals surface area (Å²) in [5.41, 5.74) is 1.07. The molecule has 114 valence electrons. The first kappa shape index (κ1) is 15.9. The summed E-state index contributed by atoms with van der Waals surface area (Å²) in [6, 6.07) is 8.67. The summed E-state index contributed by atoms with van der Waals surface area (Å²) in [7, 11) is 0. The summed E-state index contributed by atoms with van der Waals surface area (Å²) in [6.45, 7) is 10.2. The van der Waals surface area contributed by atoms with Gasteiger partial charge in [-0.05, 0) is 43.8 Å². The van der Waals surface area contributed by atoms with Gasteiger partial charge in [0, 0.05) is 24.4 Å². The zero-order valence-corrected chi connectivity index (χ0v) is 13.5. The maximum Gasteiger partial charge on any atom is 0.0845 e. The minimum Gasteiger partial charge on any atom is -0.374 e. The highest BCUT2D eigenvalue weighted by Gasteiger charge is 2.34. The molecule has 0 aliphatic heterocycles. The fourth-order valence-corrected chi connectivity index (χ4v) is 2.98. The largest absolute Gasteiger partial charge is 0.374 e. The minimum atomic E-state index is -0.220. The average Bonchev–Trinajstić information content (AvgIpc) is 2.52. The summed E-state index contributed by atoms with van der Waals surface area (Å²) in [5.74, 6) is 0. The Hall–Kier alpha value is -1.45. The third-order valence-electron chi connectivity index (χ3n) is 4.22. The second-order valence-electron chi connectivity index (χ2n) is 5.53. The van der Waals surface area contributed by atoms with Gasteiger partial charge in [0.2, 0.25) is 0 Å². The van der Waals surface area contributed by atoms with Gasteiger partial charge in [0.25, 0.3) is 0 Å². The molecule has 1 aromatic carbocycles. The topological polar surface area (TPSA) is 34.2 Å². The van der Waals surface area contributed by atoms with Crippen LogP contribution in [0.25, 0.3) is 10.8 Å². The number of aromatic nitrogens is 1. The molecule has 2 rings (SSSR count). The van der Waals surface area contributed by atoms with Crippen LogP contribution in [-0.2, 0) is 4.74 Å². The van der Waals surface area contributed by atoms with E-state index >= 15 is 0 Å². The van der Waals surface area contributed by atoms with Crippen LogP contribution < -0.4 is 5.32 Å². The van der Waals surface area contributed by atoms with Crippen LogP contribution in [0.15, 0.2) is 36.7 Å². The Labute approximate surface area is 127 Å². The maximum atomic E-state index is 6.12. The van der Waals surface area contributed by atoms with E-state index in [9.17, 15) is 0 Å². The maximum absolute atomic E-state index is 6.12. The standard InChI is InChI=1S/C18H26N2O/c1-5-18(4,21-7-3)17(20-6-2)16-10-8-9-14-13-19-12-11-15(14)16/h8-13,17,20H,5-7H2,1-4H3. The van der Waals surface area contributed by atoms with E-state index in [1.807, 2.05) is 12.4 Å². The average molecular weight is 286 g/mol. The highest BCUT2D eigenvalue weighted by atomic mass is 16.5.